The molecule has 0 bridgehead atoms. The highest BCUT2D eigenvalue weighted by Gasteiger charge is 2.23. The van der Waals surface area contributed by atoms with E-state index in [0.29, 0.717) is 24.5 Å². The molecule has 0 saturated carbocycles. The van der Waals surface area contributed by atoms with Gasteiger partial charge in [-0.25, -0.2) is 0 Å². The second-order valence-electron chi connectivity index (χ2n) is 8.71. The molecule has 2 heterocycles. The van der Waals surface area contributed by atoms with Crippen molar-refractivity contribution < 1.29 is 18.8 Å². The fourth-order valence-electron chi connectivity index (χ4n) is 4.37. The van der Waals surface area contributed by atoms with E-state index >= 15 is 0 Å². The second kappa shape index (κ2) is 11.2. The second-order valence-corrected chi connectivity index (χ2v) is 8.71. The molecule has 1 fully saturated rings. The molecule has 1 aliphatic heterocycles. The zero-order valence-corrected chi connectivity index (χ0v) is 20.2. The topological polar surface area (TPSA) is 76.8 Å². The van der Waals surface area contributed by atoms with Gasteiger partial charge in [0.1, 0.15) is 23.9 Å². The number of hydrogen-bond donors (Lipinski definition) is 1. The number of amides is 1. The van der Waals surface area contributed by atoms with Crippen LogP contribution >= 0.6 is 0 Å². The fourth-order valence-corrected chi connectivity index (χ4v) is 4.37. The van der Waals surface area contributed by atoms with Crippen LogP contribution in [0.4, 0.5) is 0 Å². The monoisotopic (exact) mass is 463 g/mol. The van der Waals surface area contributed by atoms with Crippen LogP contribution in [-0.2, 0) is 6.61 Å². The van der Waals surface area contributed by atoms with Gasteiger partial charge in [-0.1, -0.05) is 23.7 Å². The number of benzene rings is 2. The van der Waals surface area contributed by atoms with Gasteiger partial charge in [0, 0.05) is 12.1 Å². The zero-order chi connectivity index (χ0) is 23.9. The Kier molecular flexibility index (Phi) is 7.85. The van der Waals surface area contributed by atoms with E-state index in [1.807, 2.05) is 38.1 Å². The third-order valence-electron chi connectivity index (χ3n) is 6.47. The predicted molar refractivity (Wildman–Crippen MR) is 130 cm³/mol. The van der Waals surface area contributed by atoms with Gasteiger partial charge in [-0.15, -0.1) is 0 Å². The summed E-state index contributed by atoms with van der Waals surface area (Å²) in [6, 6.07) is 15.5. The minimum Gasteiger partial charge on any atom is -0.497 e. The molecule has 1 unspecified atom stereocenters. The molecule has 1 amide bonds. The Hall–Kier alpha value is -3.32. The number of rotatable bonds is 9. The van der Waals surface area contributed by atoms with Crippen LogP contribution in [0.2, 0.25) is 0 Å². The van der Waals surface area contributed by atoms with Gasteiger partial charge in [0.25, 0.3) is 5.91 Å². The first-order chi connectivity index (χ1) is 16.5. The Morgan fingerprint density at radius 1 is 1.03 bits per heavy atom. The molecule has 1 atom stereocenters. The van der Waals surface area contributed by atoms with Gasteiger partial charge >= 0.3 is 0 Å². The Morgan fingerprint density at radius 2 is 1.71 bits per heavy atom. The number of nitrogens with one attached hydrogen (secondary N) is 1. The Balaban J connectivity index is 1.37. The van der Waals surface area contributed by atoms with Crippen molar-refractivity contribution in [1.82, 2.24) is 15.4 Å². The molecule has 3 aromatic rings. The van der Waals surface area contributed by atoms with Crippen LogP contribution in [-0.4, -0.2) is 42.7 Å². The first-order valence-electron chi connectivity index (χ1n) is 11.9. The summed E-state index contributed by atoms with van der Waals surface area (Å²) in [7, 11) is 1.67. The summed E-state index contributed by atoms with van der Waals surface area (Å²) in [6.45, 7) is 6.79. The summed E-state index contributed by atoms with van der Waals surface area (Å²) in [5.41, 5.74) is 3.57. The van der Waals surface area contributed by atoms with Gasteiger partial charge in [-0.2, -0.15) is 0 Å². The van der Waals surface area contributed by atoms with E-state index < -0.39 is 0 Å². The lowest BCUT2D eigenvalue weighted by atomic mass is 10.0. The highest BCUT2D eigenvalue weighted by Crippen LogP contribution is 2.26. The maximum atomic E-state index is 12.9. The predicted octanol–water partition coefficient (Wildman–Crippen LogP) is 4.84. The van der Waals surface area contributed by atoms with Gasteiger partial charge < -0.3 is 19.3 Å². The minimum atomic E-state index is -0.0900. The lowest BCUT2D eigenvalue weighted by Crippen LogP contribution is -2.40. The van der Waals surface area contributed by atoms with Crippen LogP contribution in [0, 0.1) is 13.8 Å². The van der Waals surface area contributed by atoms with Crippen molar-refractivity contribution in [3.63, 3.8) is 0 Å². The number of aromatic nitrogens is 1. The number of hydrogen-bond acceptors (Lipinski definition) is 6. The Bertz CT molecular complexity index is 1050. The number of ether oxygens (including phenoxy) is 2. The first-order valence-corrected chi connectivity index (χ1v) is 11.9. The normalized spacial score (nSPS) is 15.0. The van der Waals surface area contributed by atoms with Crippen LogP contribution in [0.25, 0.3) is 0 Å². The van der Waals surface area contributed by atoms with Crippen LogP contribution in [0.15, 0.2) is 53.1 Å². The number of likely N-dealkylation sites (tertiary alicyclic amines) is 1. The van der Waals surface area contributed by atoms with Crippen LogP contribution in [0.5, 0.6) is 11.5 Å². The van der Waals surface area contributed by atoms with Crippen molar-refractivity contribution in [2.45, 2.75) is 45.8 Å². The molecule has 0 aliphatic carbocycles. The van der Waals surface area contributed by atoms with Crippen LogP contribution < -0.4 is 14.8 Å². The van der Waals surface area contributed by atoms with Crippen molar-refractivity contribution in [1.29, 1.82) is 0 Å². The quantitative estimate of drug-likeness (QED) is 0.490. The van der Waals surface area contributed by atoms with Gasteiger partial charge in [0.05, 0.1) is 24.4 Å². The molecular weight excluding hydrogens is 430 g/mol. The van der Waals surface area contributed by atoms with Crippen molar-refractivity contribution in [3.8, 4) is 11.5 Å². The zero-order valence-electron chi connectivity index (χ0n) is 20.2. The molecule has 7 nitrogen and oxygen atoms in total. The lowest BCUT2D eigenvalue weighted by Gasteiger charge is -2.35. The number of aryl methyl sites for hydroxylation is 2. The number of nitrogens with zero attached hydrogens (tertiary/aromatic N) is 2. The van der Waals surface area contributed by atoms with E-state index in [1.165, 1.54) is 24.8 Å². The first kappa shape index (κ1) is 23.8. The molecule has 0 spiro atoms. The summed E-state index contributed by atoms with van der Waals surface area (Å²) in [6.07, 6.45) is 3.65. The van der Waals surface area contributed by atoms with Crippen molar-refractivity contribution in [3.05, 3.63) is 76.7 Å². The standard InChI is InChI=1S/C27H33N3O4/c1-19-25(20(2)34-29-19)18-33-24-13-9-22(10-14-24)27(31)28-17-26(30-15-5-4-6-16-30)21-7-11-23(32-3)12-8-21/h7-14,26H,4-6,15-18H2,1-3H3,(H,28,31). The van der Waals surface area contributed by atoms with Crippen LogP contribution in [0.1, 0.15) is 58.2 Å². The summed E-state index contributed by atoms with van der Waals surface area (Å²) in [5.74, 6) is 2.20. The van der Waals surface area contributed by atoms with E-state index in [0.717, 1.165) is 35.9 Å². The van der Waals surface area contributed by atoms with Gasteiger partial charge in [-0.3, -0.25) is 9.69 Å². The average molecular weight is 464 g/mol. The smallest absolute Gasteiger partial charge is 0.251 e. The molecule has 0 radical (unpaired) electrons. The summed E-state index contributed by atoms with van der Waals surface area (Å²) >= 11 is 0. The molecule has 7 heteroatoms. The van der Waals surface area contributed by atoms with E-state index in [-0.39, 0.29) is 11.9 Å². The largest absolute Gasteiger partial charge is 0.497 e. The molecule has 4 rings (SSSR count). The minimum absolute atomic E-state index is 0.0900. The fraction of sp³-hybridized carbons (Fsp3) is 0.407. The third-order valence-corrected chi connectivity index (χ3v) is 6.47. The van der Waals surface area contributed by atoms with Crippen LogP contribution in [0.3, 0.4) is 0 Å². The number of piperidine rings is 1. The lowest BCUT2D eigenvalue weighted by molar-refractivity contribution is 0.0924. The maximum Gasteiger partial charge on any atom is 0.251 e. The third kappa shape index (κ3) is 5.78. The SMILES string of the molecule is COc1ccc(C(CNC(=O)c2ccc(OCc3c(C)noc3C)cc2)N2CCCCC2)cc1. The molecule has 1 aliphatic rings. The van der Waals surface area contributed by atoms with E-state index in [2.05, 4.69) is 27.5 Å². The molecule has 1 aromatic heterocycles. The highest BCUT2D eigenvalue weighted by atomic mass is 16.5. The summed E-state index contributed by atoms with van der Waals surface area (Å²) < 4.78 is 16.3. The van der Waals surface area contributed by atoms with Crippen molar-refractivity contribution in [2.75, 3.05) is 26.7 Å². The molecule has 34 heavy (non-hydrogen) atoms. The molecule has 2 aromatic carbocycles. The van der Waals surface area contributed by atoms with E-state index in [1.54, 1.807) is 19.2 Å². The molecule has 180 valence electrons. The Labute approximate surface area is 201 Å². The van der Waals surface area contributed by atoms with Gasteiger partial charge in [0.2, 0.25) is 0 Å². The summed E-state index contributed by atoms with van der Waals surface area (Å²) in [4.78, 5) is 15.4. The number of methoxy groups -OCH3 is 1. The van der Waals surface area contributed by atoms with E-state index in [4.69, 9.17) is 14.0 Å². The molecular formula is C27H33N3O4. The summed E-state index contributed by atoms with van der Waals surface area (Å²) in [5, 5.41) is 7.09. The highest BCUT2D eigenvalue weighted by molar-refractivity contribution is 5.94. The number of carbonyl (C=O) groups is 1. The van der Waals surface area contributed by atoms with Crippen molar-refractivity contribution >= 4 is 5.91 Å². The van der Waals surface area contributed by atoms with Crippen molar-refractivity contribution in [2.24, 2.45) is 0 Å². The maximum absolute atomic E-state index is 12.9. The Morgan fingerprint density at radius 3 is 2.32 bits per heavy atom. The van der Waals surface area contributed by atoms with E-state index in [9.17, 15) is 4.79 Å². The number of carbonyl (C=O) groups excluding carboxylic acids is 1. The van der Waals surface area contributed by atoms with Gasteiger partial charge in [-0.05, 0) is 81.7 Å². The molecule has 1 N–H and O–H groups in total. The molecule has 1 saturated heterocycles. The average Bonchev–Trinajstić information content (AvgIpc) is 3.21. The van der Waals surface area contributed by atoms with Gasteiger partial charge in [0.15, 0.2) is 0 Å².